The van der Waals surface area contributed by atoms with Gasteiger partial charge in [-0.15, -0.1) is 0 Å². The number of nitrogens with zero attached hydrogens (tertiary/aromatic N) is 2. The second-order valence-electron chi connectivity index (χ2n) is 6.38. The van der Waals surface area contributed by atoms with Gasteiger partial charge in [0.15, 0.2) is 19.9 Å². The average molecular weight is 412 g/mol. The van der Waals surface area contributed by atoms with Crippen LogP contribution >= 0.6 is 21.0 Å². The minimum Gasteiger partial charge on any atom is -0.493 e. The molecule has 0 amide bonds. The van der Waals surface area contributed by atoms with Crippen molar-refractivity contribution in [2.75, 3.05) is 44.6 Å². The van der Waals surface area contributed by atoms with E-state index in [1.165, 1.54) is 0 Å². The van der Waals surface area contributed by atoms with E-state index in [0.29, 0.717) is 17.8 Å². The van der Waals surface area contributed by atoms with Crippen molar-refractivity contribution in [2.45, 2.75) is 19.3 Å². The van der Waals surface area contributed by atoms with Crippen LogP contribution in [0.4, 0.5) is 5.82 Å². The summed E-state index contributed by atoms with van der Waals surface area (Å²) in [4.78, 5) is 25.1. The Bertz CT molecular complexity index is 724. The van der Waals surface area contributed by atoms with Gasteiger partial charge in [0, 0.05) is 30.8 Å². The second kappa shape index (κ2) is 10.9. The Labute approximate surface area is 167 Å². The molecule has 1 saturated heterocycles. The van der Waals surface area contributed by atoms with E-state index in [0.717, 1.165) is 54.7 Å². The average Bonchev–Trinajstić information content (AvgIpc) is 2.72. The Balaban J connectivity index is 0.00000126. The zero-order valence-electron chi connectivity index (χ0n) is 16.1. The molecule has 150 valence electrons. The molecular weight excluding hydrogens is 383 g/mol. The summed E-state index contributed by atoms with van der Waals surface area (Å²) in [5, 5.41) is 2.14. The molecule has 2 N–H and O–H groups in total. The lowest BCUT2D eigenvalue weighted by molar-refractivity contribution is 0.356. The third-order valence-electron chi connectivity index (χ3n) is 4.90. The topological polar surface area (TPSA) is 75.1 Å². The second-order valence-corrected chi connectivity index (χ2v) is 7.57. The number of pyridine rings is 1. The minimum absolute atomic E-state index is 0.517. The summed E-state index contributed by atoms with van der Waals surface area (Å²) in [5.74, 6) is 2.96. The lowest BCUT2D eigenvalue weighted by atomic mass is 9.94. The van der Waals surface area contributed by atoms with Crippen LogP contribution in [0.15, 0.2) is 24.4 Å². The van der Waals surface area contributed by atoms with E-state index in [-0.39, 0.29) is 0 Å². The fourth-order valence-electron chi connectivity index (χ4n) is 3.47. The number of ether oxygens (including phenoxy) is 2. The van der Waals surface area contributed by atoms with E-state index in [4.69, 9.17) is 19.3 Å². The van der Waals surface area contributed by atoms with E-state index >= 15 is 0 Å². The minimum atomic E-state index is -1.77. The summed E-state index contributed by atoms with van der Waals surface area (Å²) in [7, 11) is 1.52. The maximum Gasteiger partial charge on any atom is 0.164 e. The van der Waals surface area contributed by atoms with Crippen molar-refractivity contribution in [1.82, 2.24) is 4.98 Å². The molecule has 0 unspecified atom stereocenters. The Morgan fingerprint density at radius 2 is 1.78 bits per heavy atom. The molecule has 1 aliphatic rings. The molecule has 0 bridgehead atoms. The van der Waals surface area contributed by atoms with Crippen LogP contribution < -0.4 is 14.4 Å². The molecule has 1 aromatic heterocycles. The standard InChI is InChI=1S/C18H25N2O4P.CH4S/c1-23-16-11-14-3-7-19-18(15(14)12-17(16)24-2)20-8-4-13(5-9-20)6-10-25(21)22;1-2/h3,7,11-13,21-22H,4-6,8-10H2,1-2H3;2H,1H3. The maximum atomic E-state index is 9.10. The normalized spacial score (nSPS) is 14.9. The molecule has 0 radical (unpaired) electrons. The number of thiol groups is 1. The third-order valence-corrected chi connectivity index (χ3v) is 5.56. The fraction of sp³-hybridized carbons (Fsp3) is 0.526. The largest absolute Gasteiger partial charge is 0.493 e. The molecule has 2 aromatic rings. The lowest BCUT2D eigenvalue weighted by Gasteiger charge is -2.33. The number of hydrogen-bond donors (Lipinski definition) is 3. The van der Waals surface area contributed by atoms with Crippen molar-refractivity contribution in [2.24, 2.45) is 5.92 Å². The van der Waals surface area contributed by atoms with Crippen LogP contribution in [0.2, 0.25) is 0 Å². The molecular formula is C19H29N2O4PS. The smallest absolute Gasteiger partial charge is 0.164 e. The van der Waals surface area contributed by atoms with Gasteiger partial charge < -0.3 is 24.2 Å². The first-order chi connectivity index (χ1) is 13.1. The lowest BCUT2D eigenvalue weighted by Crippen LogP contribution is -2.34. The first-order valence-electron chi connectivity index (χ1n) is 8.98. The van der Waals surface area contributed by atoms with Gasteiger partial charge in [0.05, 0.1) is 14.2 Å². The number of piperidine rings is 1. The molecule has 8 heteroatoms. The monoisotopic (exact) mass is 412 g/mol. The van der Waals surface area contributed by atoms with Crippen molar-refractivity contribution in [3.05, 3.63) is 24.4 Å². The van der Waals surface area contributed by atoms with Crippen LogP contribution in [-0.4, -0.2) is 54.5 Å². The summed E-state index contributed by atoms with van der Waals surface area (Å²) in [6.07, 6.45) is 7.04. The van der Waals surface area contributed by atoms with Crippen LogP contribution in [0.3, 0.4) is 0 Å². The molecule has 1 fully saturated rings. The van der Waals surface area contributed by atoms with E-state index in [1.807, 2.05) is 24.4 Å². The predicted octanol–water partition coefficient (Wildman–Crippen LogP) is 3.70. The van der Waals surface area contributed by atoms with Gasteiger partial charge in [0.2, 0.25) is 0 Å². The number of methoxy groups -OCH3 is 2. The maximum absolute atomic E-state index is 9.10. The molecule has 1 aromatic carbocycles. The van der Waals surface area contributed by atoms with E-state index in [2.05, 4.69) is 22.5 Å². The van der Waals surface area contributed by atoms with Gasteiger partial charge in [-0.25, -0.2) is 4.98 Å². The van der Waals surface area contributed by atoms with Gasteiger partial charge in [0.1, 0.15) is 5.82 Å². The summed E-state index contributed by atoms with van der Waals surface area (Å²) in [6, 6.07) is 5.96. The van der Waals surface area contributed by atoms with Gasteiger partial charge in [-0.2, -0.15) is 12.6 Å². The molecule has 0 atom stereocenters. The molecule has 0 spiro atoms. The quantitative estimate of drug-likeness (QED) is 0.496. The molecule has 27 heavy (non-hydrogen) atoms. The van der Waals surface area contributed by atoms with Gasteiger partial charge in [-0.1, -0.05) is 0 Å². The highest BCUT2D eigenvalue weighted by Gasteiger charge is 2.22. The SMILES string of the molecule is COc1cc2ccnc(N3CCC(CCP(O)O)CC3)c2cc1OC.CS. The molecule has 6 nitrogen and oxygen atoms in total. The summed E-state index contributed by atoms with van der Waals surface area (Å²) >= 11 is 3.53. The van der Waals surface area contributed by atoms with Gasteiger partial charge in [0.25, 0.3) is 0 Å². The molecule has 0 saturated carbocycles. The first kappa shape index (κ1) is 22.0. The van der Waals surface area contributed by atoms with Crippen LogP contribution in [0.5, 0.6) is 11.5 Å². The van der Waals surface area contributed by atoms with Gasteiger partial charge >= 0.3 is 0 Å². The molecule has 2 heterocycles. The van der Waals surface area contributed by atoms with Crippen LogP contribution in [0.1, 0.15) is 19.3 Å². The Morgan fingerprint density at radius 3 is 2.37 bits per heavy atom. The number of hydrogen-bond acceptors (Lipinski definition) is 7. The van der Waals surface area contributed by atoms with Crippen LogP contribution in [-0.2, 0) is 0 Å². The Kier molecular flexibility index (Phi) is 8.90. The summed E-state index contributed by atoms with van der Waals surface area (Å²) in [6.45, 7) is 1.86. The van der Waals surface area contributed by atoms with Crippen LogP contribution in [0.25, 0.3) is 10.8 Å². The fourth-order valence-corrected chi connectivity index (χ4v) is 4.06. The van der Waals surface area contributed by atoms with Gasteiger partial charge in [-0.05, 0) is 55.0 Å². The van der Waals surface area contributed by atoms with E-state index < -0.39 is 8.38 Å². The van der Waals surface area contributed by atoms with Crippen molar-refractivity contribution in [3.8, 4) is 11.5 Å². The molecule has 1 aliphatic heterocycles. The number of rotatable bonds is 6. The number of benzene rings is 1. The Morgan fingerprint density at radius 1 is 1.15 bits per heavy atom. The highest BCUT2D eigenvalue weighted by atomic mass is 32.1. The van der Waals surface area contributed by atoms with E-state index in [9.17, 15) is 0 Å². The first-order valence-corrected chi connectivity index (χ1v) is 11.3. The van der Waals surface area contributed by atoms with Crippen molar-refractivity contribution < 1.29 is 19.3 Å². The number of fused-ring (bicyclic) bond motifs is 1. The molecule has 3 rings (SSSR count). The van der Waals surface area contributed by atoms with Crippen molar-refractivity contribution in [3.63, 3.8) is 0 Å². The zero-order valence-corrected chi connectivity index (χ0v) is 17.9. The third kappa shape index (κ3) is 5.61. The molecule has 0 aliphatic carbocycles. The van der Waals surface area contributed by atoms with E-state index in [1.54, 1.807) is 20.5 Å². The zero-order chi connectivity index (χ0) is 19.8. The highest BCUT2D eigenvalue weighted by molar-refractivity contribution is 7.79. The predicted molar refractivity (Wildman–Crippen MR) is 116 cm³/mol. The highest BCUT2D eigenvalue weighted by Crippen LogP contribution is 2.37. The Hall–Kier alpha value is -1.27. The van der Waals surface area contributed by atoms with Crippen molar-refractivity contribution >= 4 is 37.6 Å². The van der Waals surface area contributed by atoms with Crippen molar-refractivity contribution in [1.29, 1.82) is 0 Å². The number of aromatic nitrogens is 1. The number of anilines is 1. The summed E-state index contributed by atoms with van der Waals surface area (Å²) < 4.78 is 10.8. The van der Waals surface area contributed by atoms with Crippen LogP contribution in [0, 0.1) is 5.92 Å². The summed E-state index contributed by atoms with van der Waals surface area (Å²) in [5.41, 5.74) is 0. The van der Waals surface area contributed by atoms with Gasteiger partial charge in [-0.3, -0.25) is 0 Å².